The Labute approximate surface area is 108 Å². The standard InChI is InChI=1S/C16H19NO/c1-18-12-14-7-5-6-13(10-14)11-16(17)15-8-3-2-4-9-15/h2-10,16H,11-12,17H2,1H3. The molecular weight excluding hydrogens is 222 g/mol. The van der Waals surface area contributed by atoms with E-state index in [1.165, 1.54) is 16.7 Å². The first-order chi connectivity index (χ1) is 8.79. The van der Waals surface area contributed by atoms with E-state index in [4.69, 9.17) is 10.5 Å². The van der Waals surface area contributed by atoms with Crippen molar-refractivity contribution in [2.45, 2.75) is 19.1 Å². The van der Waals surface area contributed by atoms with Crippen LogP contribution in [0.4, 0.5) is 0 Å². The van der Waals surface area contributed by atoms with Crippen molar-refractivity contribution in [3.8, 4) is 0 Å². The molecule has 0 radical (unpaired) electrons. The predicted octanol–water partition coefficient (Wildman–Crippen LogP) is 3.08. The van der Waals surface area contributed by atoms with E-state index in [0.29, 0.717) is 6.61 Å². The highest BCUT2D eigenvalue weighted by molar-refractivity contribution is 5.26. The second kappa shape index (κ2) is 6.34. The van der Waals surface area contributed by atoms with Crippen LogP contribution < -0.4 is 5.73 Å². The minimum Gasteiger partial charge on any atom is -0.380 e. The summed E-state index contributed by atoms with van der Waals surface area (Å²) in [5, 5.41) is 0. The van der Waals surface area contributed by atoms with E-state index in [-0.39, 0.29) is 6.04 Å². The quantitative estimate of drug-likeness (QED) is 0.873. The van der Waals surface area contributed by atoms with E-state index >= 15 is 0 Å². The molecule has 18 heavy (non-hydrogen) atoms. The molecule has 0 saturated heterocycles. The molecule has 0 aliphatic rings. The summed E-state index contributed by atoms with van der Waals surface area (Å²) in [6, 6.07) is 18.6. The molecule has 2 N–H and O–H groups in total. The number of hydrogen-bond donors (Lipinski definition) is 1. The first kappa shape index (κ1) is 12.8. The van der Waals surface area contributed by atoms with Crippen molar-refractivity contribution in [1.29, 1.82) is 0 Å². The minimum absolute atomic E-state index is 0.0454. The number of rotatable bonds is 5. The van der Waals surface area contributed by atoms with Crippen molar-refractivity contribution in [1.82, 2.24) is 0 Å². The average Bonchev–Trinajstić information content (AvgIpc) is 2.40. The molecule has 2 rings (SSSR count). The number of methoxy groups -OCH3 is 1. The molecule has 2 aromatic carbocycles. The van der Waals surface area contributed by atoms with Crippen LogP contribution in [0.2, 0.25) is 0 Å². The van der Waals surface area contributed by atoms with Gasteiger partial charge in [-0.05, 0) is 23.1 Å². The van der Waals surface area contributed by atoms with E-state index in [2.05, 4.69) is 36.4 Å². The molecule has 1 unspecified atom stereocenters. The van der Waals surface area contributed by atoms with Gasteiger partial charge in [-0.2, -0.15) is 0 Å². The highest BCUT2D eigenvalue weighted by Gasteiger charge is 2.06. The number of hydrogen-bond acceptors (Lipinski definition) is 2. The van der Waals surface area contributed by atoms with Gasteiger partial charge in [0.1, 0.15) is 0 Å². The number of benzene rings is 2. The lowest BCUT2D eigenvalue weighted by molar-refractivity contribution is 0.185. The Kier molecular flexibility index (Phi) is 4.51. The van der Waals surface area contributed by atoms with Gasteiger partial charge in [0.25, 0.3) is 0 Å². The van der Waals surface area contributed by atoms with Gasteiger partial charge in [0.05, 0.1) is 6.61 Å². The Balaban J connectivity index is 2.07. The maximum atomic E-state index is 6.22. The third-order valence-corrected chi connectivity index (χ3v) is 2.99. The maximum absolute atomic E-state index is 6.22. The Morgan fingerprint density at radius 1 is 1.00 bits per heavy atom. The third-order valence-electron chi connectivity index (χ3n) is 2.99. The lowest BCUT2D eigenvalue weighted by Gasteiger charge is -2.12. The molecule has 0 aliphatic carbocycles. The Morgan fingerprint density at radius 2 is 1.72 bits per heavy atom. The van der Waals surface area contributed by atoms with Crippen LogP contribution in [0.15, 0.2) is 54.6 Å². The van der Waals surface area contributed by atoms with Gasteiger partial charge in [0.15, 0.2) is 0 Å². The summed E-state index contributed by atoms with van der Waals surface area (Å²) >= 11 is 0. The molecule has 0 saturated carbocycles. The van der Waals surface area contributed by atoms with Gasteiger partial charge >= 0.3 is 0 Å². The summed E-state index contributed by atoms with van der Waals surface area (Å²) in [4.78, 5) is 0. The number of nitrogens with two attached hydrogens (primary N) is 1. The molecule has 0 fully saturated rings. The van der Waals surface area contributed by atoms with Gasteiger partial charge < -0.3 is 10.5 Å². The molecule has 1 atom stereocenters. The fourth-order valence-electron chi connectivity index (χ4n) is 2.09. The fraction of sp³-hybridized carbons (Fsp3) is 0.250. The SMILES string of the molecule is COCc1cccc(CC(N)c2ccccc2)c1. The van der Waals surface area contributed by atoms with Crippen molar-refractivity contribution < 1.29 is 4.74 Å². The van der Waals surface area contributed by atoms with Crippen molar-refractivity contribution >= 4 is 0 Å². The monoisotopic (exact) mass is 241 g/mol. The van der Waals surface area contributed by atoms with Gasteiger partial charge in [0, 0.05) is 13.2 Å². The summed E-state index contributed by atoms with van der Waals surface area (Å²) in [7, 11) is 1.71. The molecule has 2 aromatic rings. The largest absolute Gasteiger partial charge is 0.380 e. The van der Waals surface area contributed by atoms with E-state index in [1.54, 1.807) is 7.11 Å². The first-order valence-corrected chi connectivity index (χ1v) is 6.17. The second-order valence-electron chi connectivity index (χ2n) is 4.47. The molecule has 0 amide bonds. The minimum atomic E-state index is 0.0454. The summed E-state index contributed by atoms with van der Waals surface area (Å²) in [6.07, 6.45) is 0.849. The third kappa shape index (κ3) is 3.42. The molecular formula is C16H19NO. The summed E-state index contributed by atoms with van der Waals surface area (Å²) in [6.45, 7) is 0.647. The van der Waals surface area contributed by atoms with Crippen LogP contribution in [0.1, 0.15) is 22.7 Å². The molecule has 0 heterocycles. The van der Waals surface area contributed by atoms with Crippen LogP contribution in [-0.2, 0) is 17.8 Å². The molecule has 2 heteroatoms. The van der Waals surface area contributed by atoms with E-state index in [1.807, 2.05) is 18.2 Å². The zero-order chi connectivity index (χ0) is 12.8. The molecule has 0 aliphatic heterocycles. The Hall–Kier alpha value is -1.64. The molecule has 94 valence electrons. The van der Waals surface area contributed by atoms with Crippen molar-refractivity contribution in [3.63, 3.8) is 0 Å². The highest BCUT2D eigenvalue weighted by atomic mass is 16.5. The van der Waals surface area contributed by atoms with E-state index < -0.39 is 0 Å². The molecule has 2 nitrogen and oxygen atoms in total. The Morgan fingerprint density at radius 3 is 2.44 bits per heavy atom. The smallest absolute Gasteiger partial charge is 0.0713 e. The summed E-state index contributed by atoms with van der Waals surface area (Å²) in [5.74, 6) is 0. The Bertz CT molecular complexity index is 481. The van der Waals surface area contributed by atoms with Crippen molar-refractivity contribution in [2.75, 3.05) is 7.11 Å². The van der Waals surface area contributed by atoms with Gasteiger partial charge in [-0.1, -0.05) is 54.6 Å². The normalized spacial score (nSPS) is 12.3. The summed E-state index contributed by atoms with van der Waals surface area (Å²) in [5.41, 5.74) is 9.84. The van der Waals surface area contributed by atoms with E-state index in [9.17, 15) is 0 Å². The molecule has 0 aromatic heterocycles. The zero-order valence-electron chi connectivity index (χ0n) is 10.7. The van der Waals surface area contributed by atoms with Crippen LogP contribution >= 0.6 is 0 Å². The van der Waals surface area contributed by atoms with Crippen LogP contribution in [0.3, 0.4) is 0 Å². The lowest BCUT2D eigenvalue weighted by atomic mass is 9.99. The second-order valence-corrected chi connectivity index (χ2v) is 4.47. The highest BCUT2D eigenvalue weighted by Crippen LogP contribution is 2.16. The first-order valence-electron chi connectivity index (χ1n) is 6.17. The summed E-state index contributed by atoms with van der Waals surface area (Å²) < 4.78 is 5.14. The van der Waals surface area contributed by atoms with Crippen molar-refractivity contribution in [3.05, 3.63) is 71.3 Å². The molecule has 0 spiro atoms. The van der Waals surface area contributed by atoms with Crippen LogP contribution in [0, 0.1) is 0 Å². The van der Waals surface area contributed by atoms with Crippen molar-refractivity contribution in [2.24, 2.45) is 5.73 Å². The zero-order valence-corrected chi connectivity index (χ0v) is 10.7. The van der Waals surface area contributed by atoms with Gasteiger partial charge in [0.2, 0.25) is 0 Å². The molecule has 0 bridgehead atoms. The fourth-order valence-corrected chi connectivity index (χ4v) is 2.09. The maximum Gasteiger partial charge on any atom is 0.0713 e. The number of ether oxygens (including phenoxy) is 1. The van der Waals surface area contributed by atoms with Crippen LogP contribution in [0.25, 0.3) is 0 Å². The van der Waals surface area contributed by atoms with Gasteiger partial charge in [-0.15, -0.1) is 0 Å². The predicted molar refractivity (Wildman–Crippen MR) is 74.2 cm³/mol. The van der Waals surface area contributed by atoms with Crippen LogP contribution in [-0.4, -0.2) is 7.11 Å². The van der Waals surface area contributed by atoms with Gasteiger partial charge in [-0.3, -0.25) is 0 Å². The average molecular weight is 241 g/mol. The van der Waals surface area contributed by atoms with Gasteiger partial charge in [-0.25, -0.2) is 0 Å². The van der Waals surface area contributed by atoms with Crippen LogP contribution in [0.5, 0.6) is 0 Å². The lowest BCUT2D eigenvalue weighted by Crippen LogP contribution is -2.13. The van der Waals surface area contributed by atoms with E-state index in [0.717, 1.165) is 6.42 Å². The topological polar surface area (TPSA) is 35.2 Å².